The van der Waals surface area contributed by atoms with Crippen LogP contribution in [0.2, 0.25) is 0 Å². The highest BCUT2D eigenvalue weighted by molar-refractivity contribution is 9.10. The standard InChI is InChI=1S/C11H5BrF2N2O2S/c12-6-3-9(16(17)18)11(15-5-6)19-10-4-7(13)1-2-8(10)14/h1-5H. The molecule has 0 aliphatic heterocycles. The molecule has 98 valence electrons. The fraction of sp³-hybridized carbons (Fsp3) is 0. The van der Waals surface area contributed by atoms with Crippen molar-refractivity contribution >= 4 is 33.4 Å². The van der Waals surface area contributed by atoms with E-state index >= 15 is 0 Å². The zero-order valence-corrected chi connectivity index (χ0v) is 11.5. The summed E-state index contributed by atoms with van der Waals surface area (Å²) in [7, 11) is 0. The lowest BCUT2D eigenvalue weighted by Crippen LogP contribution is -1.94. The minimum absolute atomic E-state index is 0.00213. The van der Waals surface area contributed by atoms with Crippen LogP contribution in [-0.2, 0) is 0 Å². The number of rotatable bonds is 3. The van der Waals surface area contributed by atoms with Gasteiger partial charge in [0, 0.05) is 16.7 Å². The van der Waals surface area contributed by atoms with Gasteiger partial charge in [-0.05, 0) is 34.1 Å². The molecule has 0 aliphatic carbocycles. The minimum Gasteiger partial charge on any atom is -0.258 e. The van der Waals surface area contributed by atoms with E-state index in [0.29, 0.717) is 16.2 Å². The van der Waals surface area contributed by atoms with Crippen LogP contribution < -0.4 is 0 Å². The van der Waals surface area contributed by atoms with Gasteiger partial charge in [0.15, 0.2) is 5.03 Å². The number of aromatic nitrogens is 1. The van der Waals surface area contributed by atoms with E-state index in [4.69, 9.17) is 0 Å². The van der Waals surface area contributed by atoms with Crippen LogP contribution in [-0.4, -0.2) is 9.91 Å². The lowest BCUT2D eigenvalue weighted by molar-refractivity contribution is -0.388. The number of nitrogens with zero attached hydrogens (tertiary/aromatic N) is 2. The highest BCUT2D eigenvalue weighted by atomic mass is 79.9. The smallest absolute Gasteiger partial charge is 0.258 e. The van der Waals surface area contributed by atoms with Gasteiger partial charge in [-0.1, -0.05) is 11.8 Å². The SMILES string of the molecule is O=[N+]([O-])c1cc(Br)cnc1Sc1cc(F)ccc1F. The van der Waals surface area contributed by atoms with Gasteiger partial charge < -0.3 is 0 Å². The van der Waals surface area contributed by atoms with Crippen LogP contribution in [0.1, 0.15) is 0 Å². The average Bonchev–Trinajstić information content (AvgIpc) is 2.35. The zero-order chi connectivity index (χ0) is 14.0. The zero-order valence-electron chi connectivity index (χ0n) is 9.14. The summed E-state index contributed by atoms with van der Waals surface area (Å²) in [5.41, 5.74) is -0.275. The first-order valence-corrected chi connectivity index (χ1v) is 6.51. The molecule has 0 spiro atoms. The molecule has 0 N–H and O–H groups in total. The van der Waals surface area contributed by atoms with Gasteiger partial charge in [0.05, 0.1) is 9.82 Å². The van der Waals surface area contributed by atoms with E-state index in [1.54, 1.807) is 0 Å². The van der Waals surface area contributed by atoms with E-state index in [-0.39, 0.29) is 15.6 Å². The minimum atomic E-state index is -0.662. The van der Waals surface area contributed by atoms with Gasteiger partial charge in [0.1, 0.15) is 11.6 Å². The van der Waals surface area contributed by atoms with Crippen LogP contribution in [0.25, 0.3) is 0 Å². The topological polar surface area (TPSA) is 56.0 Å². The van der Waals surface area contributed by atoms with E-state index in [1.165, 1.54) is 12.3 Å². The van der Waals surface area contributed by atoms with Crippen LogP contribution >= 0.6 is 27.7 Å². The van der Waals surface area contributed by atoms with Gasteiger partial charge in [0.25, 0.3) is 0 Å². The second kappa shape index (κ2) is 5.62. The largest absolute Gasteiger partial charge is 0.302 e. The quantitative estimate of drug-likeness (QED) is 0.617. The number of pyridine rings is 1. The highest BCUT2D eigenvalue weighted by Crippen LogP contribution is 2.35. The maximum atomic E-state index is 13.5. The van der Waals surface area contributed by atoms with Crippen LogP contribution in [0.3, 0.4) is 0 Å². The predicted octanol–water partition coefficient (Wildman–Crippen LogP) is 4.18. The number of halogens is 3. The molecule has 0 fully saturated rings. The summed E-state index contributed by atoms with van der Waals surface area (Å²) < 4.78 is 26.9. The van der Waals surface area contributed by atoms with Crippen molar-refractivity contribution in [3.05, 3.63) is 56.7 Å². The van der Waals surface area contributed by atoms with E-state index < -0.39 is 16.6 Å². The van der Waals surface area contributed by atoms with Gasteiger partial charge in [-0.25, -0.2) is 13.8 Å². The van der Waals surface area contributed by atoms with Gasteiger partial charge >= 0.3 is 5.69 Å². The summed E-state index contributed by atoms with van der Waals surface area (Å²) >= 11 is 3.77. The second-order valence-corrected chi connectivity index (χ2v) is 5.36. The third-order valence-electron chi connectivity index (χ3n) is 2.10. The highest BCUT2D eigenvalue weighted by Gasteiger charge is 2.18. The maximum Gasteiger partial charge on any atom is 0.302 e. The Morgan fingerprint density at radius 1 is 1.32 bits per heavy atom. The summed E-state index contributed by atoms with van der Waals surface area (Å²) in [5.74, 6) is -1.28. The van der Waals surface area contributed by atoms with Gasteiger partial charge in [-0.15, -0.1) is 0 Å². The number of hydrogen-bond donors (Lipinski definition) is 0. The molecule has 2 aromatic rings. The molecule has 2 rings (SSSR count). The molecule has 0 radical (unpaired) electrons. The number of hydrogen-bond acceptors (Lipinski definition) is 4. The summed E-state index contributed by atoms with van der Waals surface area (Å²) in [6.45, 7) is 0. The van der Waals surface area contributed by atoms with Crippen LogP contribution in [0.4, 0.5) is 14.5 Å². The third kappa shape index (κ3) is 3.27. The van der Waals surface area contributed by atoms with E-state index in [0.717, 1.165) is 18.2 Å². The van der Waals surface area contributed by atoms with Crippen molar-refractivity contribution in [3.8, 4) is 0 Å². The van der Waals surface area contributed by atoms with Crippen LogP contribution in [0.15, 0.2) is 44.9 Å². The molecule has 1 aromatic carbocycles. The molecule has 8 heteroatoms. The Morgan fingerprint density at radius 2 is 2.05 bits per heavy atom. The summed E-state index contributed by atoms with van der Waals surface area (Å²) in [4.78, 5) is 14.0. The normalized spacial score (nSPS) is 10.5. The Bertz CT molecular complexity index is 655. The monoisotopic (exact) mass is 346 g/mol. The fourth-order valence-electron chi connectivity index (χ4n) is 1.29. The molecule has 1 heterocycles. The number of nitro groups is 1. The van der Waals surface area contributed by atoms with Crippen molar-refractivity contribution < 1.29 is 13.7 Å². The van der Waals surface area contributed by atoms with Gasteiger partial charge in [-0.3, -0.25) is 10.1 Å². The Morgan fingerprint density at radius 3 is 2.74 bits per heavy atom. The Hall–Kier alpha value is -1.54. The fourth-order valence-corrected chi connectivity index (χ4v) is 2.49. The third-order valence-corrected chi connectivity index (χ3v) is 3.57. The molecular weight excluding hydrogens is 342 g/mol. The summed E-state index contributed by atoms with van der Waals surface area (Å²) in [5, 5.41) is 10.9. The predicted molar refractivity (Wildman–Crippen MR) is 69.1 cm³/mol. The lowest BCUT2D eigenvalue weighted by atomic mass is 10.3. The molecule has 0 aliphatic rings. The molecular formula is C11H5BrF2N2O2S. The first-order valence-electron chi connectivity index (χ1n) is 4.90. The van der Waals surface area contributed by atoms with Crippen molar-refractivity contribution in [2.75, 3.05) is 0 Å². The molecule has 0 atom stereocenters. The Kier molecular flexibility index (Phi) is 4.11. The first kappa shape index (κ1) is 13.9. The number of benzene rings is 1. The second-order valence-electron chi connectivity index (χ2n) is 3.41. The van der Waals surface area contributed by atoms with Crippen molar-refractivity contribution in [1.82, 2.24) is 4.98 Å². The molecule has 0 amide bonds. The Labute approximate surface area is 119 Å². The summed E-state index contributed by atoms with van der Waals surface area (Å²) in [6.07, 6.45) is 1.35. The maximum absolute atomic E-state index is 13.5. The van der Waals surface area contributed by atoms with E-state index in [9.17, 15) is 18.9 Å². The molecule has 0 unspecified atom stereocenters. The molecule has 0 saturated heterocycles. The van der Waals surface area contributed by atoms with Crippen molar-refractivity contribution in [1.29, 1.82) is 0 Å². The van der Waals surface area contributed by atoms with Crippen molar-refractivity contribution in [2.45, 2.75) is 9.92 Å². The molecule has 19 heavy (non-hydrogen) atoms. The molecule has 0 bridgehead atoms. The summed E-state index contributed by atoms with van der Waals surface area (Å²) in [6, 6.07) is 4.16. The van der Waals surface area contributed by atoms with Crippen molar-refractivity contribution in [3.63, 3.8) is 0 Å². The van der Waals surface area contributed by atoms with E-state index in [1.807, 2.05) is 0 Å². The van der Waals surface area contributed by atoms with Gasteiger partial charge in [-0.2, -0.15) is 0 Å². The van der Waals surface area contributed by atoms with E-state index in [2.05, 4.69) is 20.9 Å². The first-order chi connectivity index (χ1) is 8.97. The van der Waals surface area contributed by atoms with Crippen LogP contribution in [0.5, 0.6) is 0 Å². The Balaban J connectivity index is 2.43. The van der Waals surface area contributed by atoms with Gasteiger partial charge in [0.2, 0.25) is 0 Å². The lowest BCUT2D eigenvalue weighted by Gasteiger charge is -2.04. The average molecular weight is 347 g/mol. The molecule has 1 aromatic heterocycles. The molecule has 4 nitrogen and oxygen atoms in total. The van der Waals surface area contributed by atoms with Crippen molar-refractivity contribution in [2.24, 2.45) is 0 Å². The van der Waals surface area contributed by atoms with Crippen LogP contribution in [0, 0.1) is 21.7 Å². The molecule has 0 saturated carbocycles.